The van der Waals surface area contributed by atoms with Crippen molar-refractivity contribution < 1.29 is 14.0 Å². The summed E-state index contributed by atoms with van der Waals surface area (Å²) in [4.78, 5) is 21.5. The number of amides is 1. The number of hydrogen-bond donors (Lipinski definition) is 1. The molecule has 1 aromatic carbocycles. The summed E-state index contributed by atoms with van der Waals surface area (Å²) in [5.74, 6) is -0.739. The number of carbonyl (C=O) groups excluding carboxylic acids is 1. The van der Waals surface area contributed by atoms with E-state index < -0.39 is 5.60 Å². The first kappa shape index (κ1) is 13.7. The van der Waals surface area contributed by atoms with E-state index in [0.717, 1.165) is 0 Å². The summed E-state index contributed by atoms with van der Waals surface area (Å²) in [5.41, 5.74) is -0.392. The van der Waals surface area contributed by atoms with Crippen molar-refractivity contribution in [1.82, 2.24) is 4.98 Å². The quantitative estimate of drug-likeness (QED) is 0.948. The molecule has 1 atom stereocenters. The van der Waals surface area contributed by atoms with Crippen LogP contribution in [0.25, 0.3) is 0 Å². The second-order valence-electron chi connectivity index (χ2n) is 4.81. The van der Waals surface area contributed by atoms with Gasteiger partial charge in [0, 0.05) is 23.6 Å². The van der Waals surface area contributed by atoms with Crippen LogP contribution in [-0.2, 0) is 9.63 Å². The minimum Gasteiger partial charge on any atom is -0.379 e. The van der Waals surface area contributed by atoms with Crippen molar-refractivity contribution in [3.05, 3.63) is 47.2 Å². The number of oxime groups is 1. The zero-order valence-electron chi connectivity index (χ0n) is 11.2. The number of thiazole rings is 1. The van der Waals surface area contributed by atoms with Gasteiger partial charge < -0.3 is 4.84 Å². The molecular weight excluding hydrogens is 293 g/mol. The van der Waals surface area contributed by atoms with E-state index in [0.29, 0.717) is 16.4 Å². The van der Waals surface area contributed by atoms with Gasteiger partial charge in [0.2, 0.25) is 5.60 Å². The number of aromatic nitrogens is 1. The van der Waals surface area contributed by atoms with Crippen molar-refractivity contribution in [2.24, 2.45) is 5.16 Å². The van der Waals surface area contributed by atoms with Crippen LogP contribution in [-0.4, -0.2) is 22.2 Å². The van der Waals surface area contributed by atoms with Crippen LogP contribution in [0.1, 0.15) is 18.9 Å². The molecule has 1 aliphatic rings. The summed E-state index contributed by atoms with van der Waals surface area (Å²) >= 11 is 1.31. The van der Waals surface area contributed by atoms with Gasteiger partial charge >= 0.3 is 0 Å². The van der Waals surface area contributed by atoms with Crippen molar-refractivity contribution in [2.75, 3.05) is 5.32 Å². The summed E-state index contributed by atoms with van der Waals surface area (Å²) in [5, 5.41) is 8.79. The van der Waals surface area contributed by atoms with Crippen LogP contribution < -0.4 is 5.32 Å². The first-order chi connectivity index (χ1) is 10.1. The third-order valence-corrected chi connectivity index (χ3v) is 3.87. The lowest BCUT2D eigenvalue weighted by molar-refractivity contribution is -0.135. The Morgan fingerprint density at radius 3 is 3.00 bits per heavy atom. The molecule has 2 heterocycles. The van der Waals surface area contributed by atoms with Crippen molar-refractivity contribution in [3.63, 3.8) is 0 Å². The van der Waals surface area contributed by atoms with E-state index in [1.165, 1.54) is 17.4 Å². The second-order valence-corrected chi connectivity index (χ2v) is 5.70. The first-order valence-electron chi connectivity index (χ1n) is 6.29. The fourth-order valence-corrected chi connectivity index (χ4v) is 2.54. The maximum absolute atomic E-state index is 13.8. The number of rotatable bonds is 3. The summed E-state index contributed by atoms with van der Waals surface area (Å²) in [7, 11) is 0. The first-order valence-corrected chi connectivity index (χ1v) is 7.17. The van der Waals surface area contributed by atoms with E-state index in [1.54, 1.807) is 36.7 Å². The number of benzene rings is 1. The number of hydrogen-bond acceptors (Lipinski definition) is 5. The molecule has 0 spiro atoms. The zero-order valence-corrected chi connectivity index (χ0v) is 12.0. The van der Waals surface area contributed by atoms with Crippen LogP contribution >= 0.6 is 11.3 Å². The molecule has 0 fully saturated rings. The van der Waals surface area contributed by atoms with Gasteiger partial charge in [0.15, 0.2) is 5.13 Å². The van der Waals surface area contributed by atoms with Gasteiger partial charge in [-0.3, -0.25) is 10.1 Å². The molecule has 108 valence electrons. The Labute approximate surface area is 124 Å². The SMILES string of the molecule is C[C@@]1(C(=O)Nc2nccs2)CC(c2ccccc2F)=NO1. The van der Waals surface area contributed by atoms with Gasteiger partial charge in [-0.2, -0.15) is 0 Å². The van der Waals surface area contributed by atoms with Gasteiger partial charge in [-0.1, -0.05) is 23.4 Å². The van der Waals surface area contributed by atoms with Crippen LogP contribution in [0.5, 0.6) is 0 Å². The summed E-state index contributed by atoms with van der Waals surface area (Å²) in [6.07, 6.45) is 1.80. The van der Waals surface area contributed by atoms with Crippen molar-refractivity contribution in [3.8, 4) is 0 Å². The fourth-order valence-electron chi connectivity index (χ4n) is 2.02. The predicted molar refractivity (Wildman–Crippen MR) is 77.8 cm³/mol. The van der Waals surface area contributed by atoms with Crippen molar-refractivity contribution in [2.45, 2.75) is 18.9 Å². The molecule has 0 aliphatic carbocycles. The molecule has 7 heteroatoms. The Balaban J connectivity index is 1.75. The average molecular weight is 305 g/mol. The van der Waals surface area contributed by atoms with Crippen molar-refractivity contribution >= 4 is 28.1 Å². The van der Waals surface area contributed by atoms with E-state index >= 15 is 0 Å². The van der Waals surface area contributed by atoms with E-state index in [2.05, 4.69) is 15.5 Å². The maximum atomic E-state index is 13.8. The Morgan fingerprint density at radius 2 is 2.29 bits per heavy atom. The standard InChI is InChI=1S/C14H12FN3O2S/c1-14(12(19)17-13-16-6-7-21-13)8-11(18-20-14)9-4-2-3-5-10(9)15/h2-7H,8H2,1H3,(H,16,17,19)/t14-/m0/s1. The molecule has 1 aliphatic heterocycles. The minimum atomic E-state index is -1.16. The Bertz CT molecular complexity index is 702. The van der Waals surface area contributed by atoms with Crippen LogP contribution in [0.2, 0.25) is 0 Å². The van der Waals surface area contributed by atoms with E-state index in [1.807, 2.05) is 0 Å². The zero-order chi connectivity index (χ0) is 14.9. The highest BCUT2D eigenvalue weighted by atomic mass is 32.1. The van der Waals surface area contributed by atoms with E-state index in [4.69, 9.17) is 4.84 Å². The molecule has 1 amide bonds. The Kier molecular flexibility index (Phi) is 3.42. The molecule has 21 heavy (non-hydrogen) atoms. The highest BCUT2D eigenvalue weighted by molar-refractivity contribution is 7.13. The lowest BCUT2D eigenvalue weighted by atomic mass is 9.95. The van der Waals surface area contributed by atoms with Gasteiger partial charge in [-0.25, -0.2) is 9.37 Å². The largest absolute Gasteiger partial charge is 0.379 e. The lowest BCUT2D eigenvalue weighted by Gasteiger charge is -2.19. The second kappa shape index (κ2) is 5.25. The van der Waals surface area contributed by atoms with Gasteiger partial charge in [-0.15, -0.1) is 11.3 Å². The third-order valence-electron chi connectivity index (χ3n) is 3.18. The number of nitrogens with one attached hydrogen (secondary N) is 1. The smallest absolute Gasteiger partial charge is 0.273 e. The lowest BCUT2D eigenvalue weighted by Crippen LogP contribution is -2.40. The normalized spacial score (nSPS) is 20.8. The molecule has 1 N–H and O–H groups in total. The number of anilines is 1. The molecule has 0 saturated carbocycles. The molecule has 0 saturated heterocycles. The molecule has 5 nitrogen and oxygen atoms in total. The van der Waals surface area contributed by atoms with Crippen LogP contribution in [0, 0.1) is 5.82 Å². The average Bonchev–Trinajstić information content (AvgIpc) is 3.10. The van der Waals surface area contributed by atoms with Crippen molar-refractivity contribution in [1.29, 1.82) is 0 Å². The molecular formula is C14H12FN3O2S. The van der Waals surface area contributed by atoms with Gasteiger partial charge in [0.25, 0.3) is 5.91 Å². The molecule has 1 aromatic heterocycles. The molecule has 0 unspecified atom stereocenters. The van der Waals surface area contributed by atoms with Gasteiger partial charge in [0.05, 0.1) is 5.71 Å². The summed E-state index contributed by atoms with van der Waals surface area (Å²) < 4.78 is 13.8. The summed E-state index contributed by atoms with van der Waals surface area (Å²) in [6.45, 7) is 1.62. The number of halogens is 1. The molecule has 2 aromatic rings. The number of carbonyl (C=O) groups is 1. The number of nitrogens with zero attached hydrogens (tertiary/aromatic N) is 2. The van der Waals surface area contributed by atoms with Crippen LogP contribution in [0.4, 0.5) is 9.52 Å². The highest BCUT2D eigenvalue weighted by Gasteiger charge is 2.43. The van der Waals surface area contributed by atoms with E-state index in [9.17, 15) is 9.18 Å². The maximum Gasteiger partial charge on any atom is 0.273 e. The molecule has 0 bridgehead atoms. The predicted octanol–water partition coefficient (Wildman–Crippen LogP) is 2.80. The van der Waals surface area contributed by atoms with Gasteiger partial charge in [0.1, 0.15) is 5.82 Å². The topological polar surface area (TPSA) is 63.6 Å². The summed E-state index contributed by atoms with van der Waals surface area (Å²) in [6, 6.07) is 6.28. The van der Waals surface area contributed by atoms with Crippen LogP contribution in [0.3, 0.4) is 0 Å². The monoisotopic (exact) mass is 305 g/mol. The van der Waals surface area contributed by atoms with Gasteiger partial charge in [-0.05, 0) is 13.0 Å². The third kappa shape index (κ3) is 2.64. The Morgan fingerprint density at radius 1 is 1.48 bits per heavy atom. The Hall–Kier alpha value is -2.28. The van der Waals surface area contributed by atoms with E-state index in [-0.39, 0.29) is 18.1 Å². The van der Waals surface area contributed by atoms with Crippen LogP contribution in [0.15, 0.2) is 41.0 Å². The fraction of sp³-hybridized carbons (Fsp3) is 0.214. The molecule has 0 radical (unpaired) electrons. The highest BCUT2D eigenvalue weighted by Crippen LogP contribution is 2.29. The minimum absolute atomic E-state index is 0.200. The molecule has 3 rings (SSSR count).